The second kappa shape index (κ2) is 11.4. The Bertz CT molecular complexity index is 1110. The molecule has 0 spiro atoms. The van der Waals surface area contributed by atoms with Gasteiger partial charge in [-0.05, 0) is 64.9 Å². The lowest BCUT2D eigenvalue weighted by molar-refractivity contribution is -0.384. The van der Waals surface area contributed by atoms with Gasteiger partial charge in [-0.1, -0.05) is 29.4 Å². The molecule has 0 radical (unpaired) electrons. The third kappa shape index (κ3) is 6.64. The number of non-ortho nitro benzene ring substituents is 1. The summed E-state index contributed by atoms with van der Waals surface area (Å²) in [6.45, 7) is 2.70. The van der Waals surface area contributed by atoms with Crippen molar-refractivity contribution in [2.45, 2.75) is 20.1 Å². The number of hydrogen-bond donors (Lipinski definition) is 0. The lowest BCUT2D eigenvalue weighted by atomic mass is 10.2. The van der Waals surface area contributed by atoms with Crippen molar-refractivity contribution in [2.75, 3.05) is 6.61 Å². The van der Waals surface area contributed by atoms with E-state index in [1.54, 1.807) is 30.3 Å². The van der Waals surface area contributed by atoms with Crippen molar-refractivity contribution < 1.29 is 23.6 Å². The first-order valence-electron chi connectivity index (χ1n) is 9.68. The fourth-order valence-electron chi connectivity index (χ4n) is 2.77. The van der Waals surface area contributed by atoms with E-state index >= 15 is 0 Å². The molecule has 0 aliphatic carbocycles. The van der Waals surface area contributed by atoms with Gasteiger partial charge in [0.25, 0.3) is 5.69 Å². The van der Waals surface area contributed by atoms with Gasteiger partial charge < -0.3 is 14.3 Å². The number of oxime groups is 1. The molecule has 9 heteroatoms. The number of nitro groups is 1. The molecule has 0 saturated heterocycles. The molecule has 0 fully saturated rings. The van der Waals surface area contributed by atoms with Crippen LogP contribution in [0.25, 0.3) is 0 Å². The highest BCUT2D eigenvalue weighted by Crippen LogP contribution is 2.34. The minimum Gasteiger partial charge on any atom is -0.490 e. The average Bonchev–Trinajstić information content (AvgIpc) is 2.78. The average molecular weight is 550 g/mol. The Hall–Kier alpha value is -3.21. The SMILES string of the molecule is CCOc1cc(/C=N\OCc2cccc([N+](=O)[O-])c2)cc(I)c1OCc1ccc(F)cc1. The zero-order chi connectivity index (χ0) is 22.9. The van der Waals surface area contributed by atoms with Crippen LogP contribution in [0.1, 0.15) is 23.6 Å². The van der Waals surface area contributed by atoms with Crippen LogP contribution < -0.4 is 9.47 Å². The monoisotopic (exact) mass is 550 g/mol. The van der Waals surface area contributed by atoms with Gasteiger partial charge in [-0.15, -0.1) is 0 Å². The molecule has 0 bridgehead atoms. The maximum absolute atomic E-state index is 13.1. The molecule has 7 nitrogen and oxygen atoms in total. The molecule has 3 aromatic rings. The first-order valence-corrected chi connectivity index (χ1v) is 10.8. The summed E-state index contributed by atoms with van der Waals surface area (Å²) in [6.07, 6.45) is 1.53. The van der Waals surface area contributed by atoms with Crippen LogP contribution in [-0.2, 0) is 18.1 Å². The number of nitro benzene ring substituents is 1. The Labute approximate surface area is 198 Å². The summed E-state index contributed by atoms with van der Waals surface area (Å²) in [5.41, 5.74) is 2.23. The Morgan fingerprint density at radius 1 is 1.06 bits per heavy atom. The molecule has 0 unspecified atom stereocenters. The van der Waals surface area contributed by atoms with Gasteiger partial charge in [-0.25, -0.2) is 4.39 Å². The number of hydrogen-bond acceptors (Lipinski definition) is 6. The van der Waals surface area contributed by atoms with Crippen molar-refractivity contribution in [1.82, 2.24) is 0 Å². The van der Waals surface area contributed by atoms with Crippen molar-refractivity contribution in [1.29, 1.82) is 0 Å². The van der Waals surface area contributed by atoms with E-state index in [2.05, 4.69) is 27.7 Å². The van der Waals surface area contributed by atoms with Crippen LogP contribution in [0.2, 0.25) is 0 Å². The van der Waals surface area contributed by atoms with Gasteiger partial charge in [-0.2, -0.15) is 0 Å². The quantitative estimate of drug-likeness (QED) is 0.137. The third-order valence-corrected chi connectivity index (χ3v) is 5.06. The summed E-state index contributed by atoms with van der Waals surface area (Å²) < 4.78 is 25.6. The van der Waals surface area contributed by atoms with E-state index in [0.717, 1.165) is 14.7 Å². The van der Waals surface area contributed by atoms with Crippen molar-refractivity contribution >= 4 is 34.5 Å². The summed E-state index contributed by atoms with van der Waals surface area (Å²) >= 11 is 2.15. The predicted molar refractivity (Wildman–Crippen MR) is 127 cm³/mol. The van der Waals surface area contributed by atoms with Gasteiger partial charge in [0.1, 0.15) is 19.0 Å². The molecule has 3 rings (SSSR count). The van der Waals surface area contributed by atoms with Crippen molar-refractivity contribution in [3.05, 3.63) is 96.9 Å². The molecule has 0 aromatic heterocycles. The Morgan fingerprint density at radius 3 is 2.56 bits per heavy atom. The molecule has 166 valence electrons. The maximum Gasteiger partial charge on any atom is 0.269 e. The first kappa shape index (κ1) is 23.5. The zero-order valence-corrected chi connectivity index (χ0v) is 19.3. The summed E-state index contributed by atoms with van der Waals surface area (Å²) in [6, 6.07) is 16.0. The summed E-state index contributed by atoms with van der Waals surface area (Å²) in [4.78, 5) is 15.7. The van der Waals surface area contributed by atoms with Crippen molar-refractivity contribution in [2.24, 2.45) is 5.16 Å². The molecule has 0 amide bonds. The molecule has 0 heterocycles. The largest absolute Gasteiger partial charge is 0.490 e. The van der Waals surface area contributed by atoms with Crippen LogP contribution >= 0.6 is 22.6 Å². The predicted octanol–water partition coefficient (Wildman–Crippen LogP) is 5.87. The van der Waals surface area contributed by atoms with E-state index in [-0.39, 0.29) is 24.7 Å². The van der Waals surface area contributed by atoms with Gasteiger partial charge in [0.15, 0.2) is 11.5 Å². The van der Waals surface area contributed by atoms with Crippen molar-refractivity contribution in [3.8, 4) is 11.5 Å². The van der Waals surface area contributed by atoms with E-state index in [4.69, 9.17) is 14.3 Å². The fourth-order valence-corrected chi connectivity index (χ4v) is 3.55. The van der Waals surface area contributed by atoms with Gasteiger partial charge in [0, 0.05) is 17.7 Å². The molecule has 0 saturated carbocycles. The topological polar surface area (TPSA) is 83.2 Å². The highest BCUT2D eigenvalue weighted by atomic mass is 127. The minimum atomic E-state index is -0.455. The van der Waals surface area contributed by atoms with Crippen LogP contribution in [0.3, 0.4) is 0 Å². The fraction of sp³-hybridized carbons (Fsp3) is 0.174. The summed E-state index contributed by atoms with van der Waals surface area (Å²) in [5.74, 6) is 0.850. The van der Waals surface area contributed by atoms with E-state index < -0.39 is 4.92 Å². The lowest BCUT2D eigenvalue weighted by Gasteiger charge is -2.14. The maximum atomic E-state index is 13.1. The standard InChI is InChI=1S/C23H20FIN2O5/c1-2-30-22-12-18(13-26-32-15-17-4-3-5-20(10-17)27(28)29)11-21(25)23(22)31-14-16-6-8-19(24)9-7-16/h3-13H,2,14-15H2,1H3/b26-13-. The van der Waals surface area contributed by atoms with Crippen LogP contribution in [0.4, 0.5) is 10.1 Å². The first-order chi connectivity index (χ1) is 15.5. The van der Waals surface area contributed by atoms with E-state index in [1.165, 1.54) is 30.5 Å². The second-order valence-corrected chi connectivity index (χ2v) is 7.78. The number of ether oxygens (including phenoxy) is 2. The summed E-state index contributed by atoms with van der Waals surface area (Å²) in [7, 11) is 0. The Balaban J connectivity index is 1.67. The highest BCUT2D eigenvalue weighted by Gasteiger charge is 2.12. The van der Waals surface area contributed by atoms with Gasteiger partial charge >= 0.3 is 0 Å². The van der Waals surface area contributed by atoms with Crippen molar-refractivity contribution in [3.63, 3.8) is 0 Å². The molecule has 0 N–H and O–H groups in total. The van der Waals surface area contributed by atoms with E-state index in [9.17, 15) is 14.5 Å². The number of nitrogens with zero attached hydrogens (tertiary/aromatic N) is 2. The summed E-state index contributed by atoms with van der Waals surface area (Å²) in [5, 5.41) is 14.8. The smallest absolute Gasteiger partial charge is 0.269 e. The van der Waals surface area contributed by atoms with Gasteiger partial charge in [-0.3, -0.25) is 10.1 Å². The number of halogens is 2. The van der Waals surface area contributed by atoms with Crippen LogP contribution in [0, 0.1) is 19.5 Å². The molecule has 0 aliphatic heterocycles. The lowest BCUT2D eigenvalue weighted by Crippen LogP contribution is -2.02. The molecular formula is C23H20FIN2O5. The van der Waals surface area contributed by atoms with Gasteiger partial charge in [0.05, 0.1) is 21.3 Å². The molecular weight excluding hydrogens is 530 g/mol. The Morgan fingerprint density at radius 2 is 1.84 bits per heavy atom. The van der Waals surface area contributed by atoms with Gasteiger partial charge in [0.2, 0.25) is 0 Å². The second-order valence-electron chi connectivity index (χ2n) is 6.61. The minimum absolute atomic E-state index is 0.00205. The number of benzene rings is 3. The zero-order valence-electron chi connectivity index (χ0n) is 17.2. The third-order valence-electron chi connectivity index (χ3n) is 4.26. The molecule has 32 heavy (non-hydrogen) atoms. The molecule has 3 aromatic carbocycles. The highest BCUT2D eigenvalue weighted by molar-refractivity contribution is 14.1. The Kier molecular flexibility index (Phi) is 8.37. The van der Waals surface area contributed by atoms with E-state index in [0.29, 0.717) is 23.7 Å². The number of rotatable bonds is 10. The molecule has 0 aliphatic rings. The van der Waals surface area contributed by atoms with Crippen LogP contribution in [0.5, 0.6) is 11.5 Å². The van der Waals surface area contributed by atoms with Crippen LogP contribution in [0.15, 0.2) is 65.8 Å². The van der Waals surface area contributed by atoms with E-state index in [1.807, 2.05) is 13.0 Å². The molecule has 0 atom stereocenters. The van der Waals surface area contributed by atoms with Crippen LogP contribution in [-0.4, -0.2) is 17.7 Å². The normalized spacial score (nSPS) is 10.8.